The van der Waals surface area contributed by atoms with E-state index in [1.807, 2.05) is 27.7 Å². The number of methoxy groups -OCH3 is 1. The van der Waals surface area contributed by atoms with Crippen LogP contribution in [0, 0.1) is 6.92 Å². The molecule has 1 atom stereocenters. The van der Waals surface area contributed by atoms with Crippen molar-refractivity contribution in [2.24, 2.45) is 0 Å². The number of benzene rings is 1. The van der Waals surface area contributed by atoms with Gasteiger partial charge in [0, 0.05) is 23.9 Å². The van der Waals surface area contributed by atoms with Crippen LogP contribution in [0.2, 0.25) is 0 Å². The van der Waals surface area contributed by atoms with Crippen LogP contribution in [0.15, 0.2) is 29.4 Å². The first-order valence-electron chi connectivity index (χ1n) is 11.5. The Hall–Kier alpha value is -3.02. The summed E-state index contributed by atoms with van der Waals surface area (Å²) in [7, 11) is 1.31. The van der Waals surface area contributed by atoms with E-state index < -0.39 is 17.3 Å². The first-order valence-corrected chi connectivity index (χ1v) is 12.4. The number of carbonyl (C=O) groups is 1. The number of carbonyl (C=O) groups excluding carboxylic acids is 1. The highest BCUT2D eigenvalue weighted by Gasteiger charge is 2.32. The average molecular weight is 524 g/mol. The highest BCUT2D eigenvalue weighted by Crippen LogP contribution is 2.38. The van der Waals surface area contributed by atoms with Crippen LogP contribution in [0.5, 0.6) is 5.75 Å². The van der Waals surface area contributed by atoms with Gasteiger partial charge in [0.05, 0.1) is 23.9 Å². The van der Waals surface area contributed by atoms with Gasteiger partial charge in [0.2, 0.25) is 5.16 Å². The van der Waals surface area contributed by atoms with Gasteiger partial charge in [-0.1, -0.05) is 11.8 Å². The lowest BCUT2D eigenvalue weighted by Crippen LogP contribution is -2.43. The molecule has 194 valence electrons. The van der Waals surface area contributed by atoms with Gasteiger partial charge in [-0.3, -0.25) is 0 Å². The smallest absolute Gasteiger partial charge is 0.416 e. The molecule has 1 aliphatic rings. The monoisotopic (exact) mass is 523 g/mol. The zero-order chi connectivity index (χ0) is 26.3. The largest absolute Gasteiger partial charge is 0.496 e. The molecule has 36 heavy (non-hydrogen) atoms. The molecular weight excluding hydrogens is 495 g/mol. The maximum Gasteiger partial charge on any atom is 0.416 e. The molecule has 1 saturated heterocycles. The molecule has 2 aromatic heterocycles. The number of halogens is 3. The molecule has 3 aromatic rings. The number of fused-ring (bicyclic) bond motifs is 1. The summed E-state index contributed by atoms with van der Waals surface area (Å²) in [5.41, 5.74) is 0.672. The summed E-state index contributed by atoms with van der Waals surface area (Å²) in [6.45, 7) is 8.44. The maximum absolute atomic E-state index is 13.2. The second-order valence-corrected chi connectivity index (χ2v) is 10.9. The van der Waals surface area contributed by atoms with Crippen LogP contribution in [0.4, 0.5) is 18.0 Å². The van der Waals surface area contributed by atoms with E-state index in [0.29, 0.717) is 40.7 Å². The van der Waals surface area contributed by atoms with E-state index in [1.54, 1.807) is 15.5 Å². The van der Waals surface area contributed by atoms with E-state index in [2.05, 4.69) is 15.3 Å². The molecule has 1 aliphatic heterocycles. The predicted octanol–water partition coefficient (Wildman–Crippen LogP) is 5.62. The molecule has 1 amide bonds. The Morgan fingerprint density at radius 3 is 2.58 bits per heavy atom. The molecule has 12 heteroatoms. The second kappa shape index (κ2) is 9.79. The first kappa shape index (κ1) is 26.1. The van der Waals surface area contributed by atoms with E-state index in [4.69, 9.17) is 9.47 Å². The average Bonchev–Trinajstić information content (AvgIpc) is 3.19. The summed E-state index contributed by atoms with van der Waals surface area (Å²) in [4.78, 5) is 14.2. The number of rotatable bonds is 4. The molecule has 0 saturated carbocycles. The second-order valence-electron chi connectivity index (χ2n) is 9.64. The van der Waals surface area contributed by atoms with Crippen molar-refractivity contribution in [3.05, 3.63) is 35.5 Å². The minimum atomic E-state index is -4.49. The summed E-state index contributed by atoms with van der Waals surface area (Å²) in [5, 5.41) is 13.9. The number of amides is 1. The van der Waals surface area contributed by atoms with Crippen molar-refractivity contribution in [1.29, 1.82) is 0 Å². The summed E-state index contributed by atoms with van der Waals surface area (Å²) < 4.78 is 52.0. The number of aryl methyl sites for hydroxylation is 1. The number of thioether (sulfide) groups is 1. The zero-order valence-corrected chi connectivity index (χ0v) is 21.5. The van der Waals surface area contributed by atoms with Crippen LogP contribution in [-0.2, 0) is 10.9 Å². The van der Waals surface area contributed by atoms with Gasteiger partial charge in [0.1, 0.15) is 17.0 Å². The number of likely N-dealkylation sites (tertiary alicyclic amines) is 1. The lowest BCUT2D eigenvalue weighted by atomic mass is 10.1. The number of piperidine rings is 1. The maximum atomic E-state index is 13.2. The van der Waals surface area contributed by atoms with E-state index in [1.165, 1.54) is 24.9 Å². The number of hydrogen-bond acceptors (Lipinski definition) is 7. The highest BCUT2D eigenvalue weighted by molar-refractivity contribution is 7.99. The molecule has 8 nitrogen and oxygen atoms in total. The third-order valence-corrected chi connectivity index (χ3v) is 6.76. The molecule has 0 aliphatic carbocycles. The quantitative estimate of drug-likeness (QED) is 0.439. The van der Waals surface area contributed by atoms with Gasteiger partial charge in [0.25, 0.3) is 0 Å². The van der Waals surface area contributed by atoms with Crippen molar-refractivity contribution >= 4 is 23.4 Å². The van der Waals surface area contributed by atoms with Crippen LogP contribution >= 0.6 is 11.8 Å². The molecule has 0 spiro atoms. The molecule has 3 heterocycles. The van der Waals surface area contributed by atoms with Crippen LogP contribution < -0.4 is 4.74 Å². The molecule has 4 rings (SSSR count). The number of nitrogens with zero attached hydrogens (tertiary/aromatic N) is 5. The summed E-state index contributed by atoms with van der Waals surface area (Å²) >= 11 is 1.46. The van der Waals surface area contributed by atoms with E-state index in [0.717, 1.165) is 25.0 Å². The topological polar surface area (TPSA) is 81.9 Å². The van der Waals surface area contributed by atoms with Gasteiger partial charge in [-0.15, -0.1) is 10.2 Å². The molecule has 1 aromatic carbocycles. The minimum Gasteiger partial charge on any atom is -0.496 e. The summed E-state index contributed by atoms with van der Waals surface area (Å²) in [6, 6.07) is 5.08. The third kappa shape index (κ3) is 5.69. The van der Waals surface area contributed by atoms with E-state index in [9.17, 15) is 18.0 Å². The lowest BCUT2D eigenvalue weighted by Gasteiger charge is -2.33. The van der Waals surface area contributed by atoms with Crippen LogP contribution in [0.25, 0.3) is 16.8 Å². The van der Waals surface area contributed by atoms with Gasteiger partial charge in [-0.05, 0) is 64.8 Å². The SMILES string of the molecule is COc1cc(C(F)(F)F)ccc1-c1nnc(S[C@@H]2CCCN(C(=O)OC(C)(C)C)C2)n2nc(C)cc12. The van der Waals surface area contributed by atoms with Gasteiger partial charge >= 0.3 is 12.3 Å². The van der Waals surface area contributed by atoms with E-state index in [-0.39, 0.29) is 17.1 Å². The fourth-order valence-electron chi connectivity index (χ4n) is 4.00. The number of ether oxygens (including phenoxy) is 2. The van der Waals surface area contributed by atoms with Crippen LogP contribution in [0.3, 0.4) is 0 Å². The Morgan fingerprint density at radius 1 is 1.17 bits per heavy atom. The first-order chi connectivity index (χ1) is 16.9. The summed E-state index contributed by atoms with van der Waals surface area (Å²) in [5.74, 6) is 0.0422. The molecular formula is C24H28F3N5O3S. The van der Waals surface area contributed by atoms with Crippen molar-refractivity contribution in [2.45, 2.75) is 62.7 Å². The Morgan fingerprint density at radius 2 is 1.92 bits per heavy atom. The minimum absolute atomic E-state index is 0.0422. The Kier molecular flexibility index (Phi) is 7.09. The molecule has 0 unspecified atom stereocenters. The van der Waals surface area contributed by atoms with Crippen molar-refractivity contribution < 1.29 is 27.4 Å². The molecule has 0 radical (unpaired) electrons. The summed E-state index contributed by atoms with van der Waals surface area (Å²) in [6.07, 6.45) is -3.13. The Bertz CT molecular complexity index is 1270. The lowest BCUT2D eigenvalue weighted by molar-refractivity contribution is -0.137. The predicted molar refractivity (Wildman–Crippen MR) is 129 cm³/mol. The van der Waals surface area contributed by atoms with Gasteiger partial charge < -0.3 is 14.4 Å². The highest BCUT2D eigenvalue weighted by atomic mass is 32.2. The van der Waals surface area contributed by atoms with Crippen molar-refractivity contribution in [3.8, 4) is 17.0 Å². The van der Waals surface area contributed by atoms with Gasteiger partial charge in [-0.2, -0.15) is 18.3 Å². The van der Waals surface area contributed by atoms with Crippen molar-refractivity contribution in [1.82, 2.24) is 24.7 Å². The van der Waals surface area contributed by atoms with Gasteiger partial charge in [-0.25, -0.2) is 9.31 Å². The Balaban J connectivity index is 1.63. The standard InChI is InChI=1S/C24H28F3N5O3S/c1-14-11-18-20(17-9-8-15(24(25,26)27)12-19(17)34-5)28-29-21(32(18)30-14)36-16-7-6-10-31(13-16)22(33)35-23(2,3)4/h8-9,11-12,16H,6-7,10,13H2,1-5H3/t16-/m1/s1. The number of hydrogen-bond donors (Lipinski definition) is 0. The van der Waals surface area contributed by atoms with Crippen molar-refractivity contribution in [2.75, 3.05) is 20.2 Å². The Labute approximate surface area is 211 Å². The van der Waals surface area contributed by atoms with E-state index >= 15 is 0 Å². The normalized spacial score (nSPS) is 16.9. The number of aromatic nitrogens is 4. The van der Waals surface area contributed by atoms with Gasteiger partial charge in [0.15, 0.2) is 0 Å². The number of alkyl halides is 3. The molecule has 1 fully saturated rings. The van der Waals surface area contributed by atoms with Crippen LogP contribution in [0.1, 0.15) is 44.9 Å². The molecule has 0 N–H and O–H groups in total. The van der Waals surface area contributed by atoms with Crippen molar-refractivity contribution in [3.63, 3.8) is 0 Å². The van der Waals surface area contributed by atoms with Crippen LogP contribution in [-0.4, -0.2) is 61.9 Å². The fourth-order valence-corrected chi connectivity index (χ4v) is 5.17. The molecule has 0 bridgehead atoms. The zero-order valence-electron chi connectivity index (χ0n) is 20.7. The fraction of sp³-hybridized carbons (Fsp3) is 0.500. The third-order valence-electron chi connectivity index (χ3n) is 5.58.